The van der Waals surface area contributed by atoms with Crippen LogP contribution in [0.5, 0.6) is 5.75 Å². The minimum absolute atomic E-state index is 0.0367. The lowest BCUT2D eigenvalue weighted by Gasteiger charge is -2.37. The smallest absolute Gasteiger partial charge is 0.119 e. The largest absolute Gasteiger partial charge is 0.548 e. The minimum atomic E-state index is -1.03. The lowest BCUT2D eigenvalue weighted by Crippen LogP contribution is -2.48. The van der Waals surface area contributed by atoms with E-state index in [0.717, 1.165) is 23.4 Å². The summed E-state index contributed by atoms with van der Waals surface area (Å²) in [5, 5.41) is 14.3. The Hall–Kier alpha value is -1.97. The van der Waals surface area contributed by atoms with Crippen molar-refractivity contribution in [2.75, 3.05) is 12.4 Å². The average Bonchev–Trinajstić information content (AvgIpc) is 2.86. The number of rotatable bonds is 2. The van der Waals surface area contributed by atoms with Crippen molar-refractivity contribution in [3.63, 3.8) is 0 Å². The molecule has 0 aromatic heterocycles. The summed E-state index contributed by atoms with van der Waals surface area (Å²) in [6.45, 7) is 0. The van der Waals surface area contributed by atoms with Crippen LogP contribution in [-0.2, 0) is 4.79 Å². The van der Waals surface area contributed by atoms with Crippen LogP contribution in [0.3, 0.4) is 0 Å². The maximum Gasteiger partial charge on any atom is 0.119 e. The van der Waals surface area contributed by atoms with Gasteiger partial charge in [0.15, 0.2) is 0 Å². The van der Waals surface area contributed by atoms with Crippen LogP contribution in [0.15, 0.2) is 30.4 Å². The molecule has 1 aliphatic carbocycles. The van der Waals surface area contributed by atoms with Crippen molar-refractivity contribution in [1.29, 1.82) is 0 Å². The second-order valence-corrected chi connectivity index (χ2v) is 4.75. The van der Waals surface area contributed by atoms with Crippen LogP contribution in [0.25, 0.3) is 0 Å². The fourth-order valence-corrected chi connectivity index (χ4v) is 2.93. The van der Waals surface area contributed by atoms with Gasteiger partial charge in [-0.05, 0) is 36.1 Å². The first-order chi connectivity index (χ1) is 8.70. The Kier molecular flexibility index (Phi) is 2.51. The fourth-order valence-electron chi connectivity index (χ4n) is 2.93. The first kappa shape index (κ1) is 11.1. The highest BCUT2D eigenvalue weighted by atomic mass is 16.5. The van der Waals surface area contributed by atoms with Gasteiger partial charge < -0.3 is 20.0 Å². The standard InChI is InChI=1S/C14H15NO3/c1-18-8-5-6-12-11(7-8)9-3-2-4-10(9)13(15-12)14(16)17/h2-3,5-7,9-10,13,15H,4H2,1H3,(H,16,17)/p-1/t9-,10+,13-/m1/s1. The van der Waals surface area contributed by atoms with E-state index in [1.54, 1.807) is 7.11 Å². The van der Waals surface area contributed by atoms with E-state index in [0.29, 0.717) is 0 Å². The number of nitrogens with one attached hydrogen (secondary N) is 1. The molecule has 1 aliphatic heterocycles. The van der Waals surface area contributed by atoms with Gasteiger partial charge in [0.25, 0.3) is 0 Å². The van der Waals surface area contributed by atoms with E-state index in [1.165, 1.54) is 0 Å². The van der Waals surface area contributed by atoms with E-state index in [-0.39, 0.29) is 11.8 Å². The zero-order valence-corrected chi connectivity index (χ0v) is 10.1. The monoisotopic (exact) mass is 244 g/mol. The van der Waals surface area contributed by atoms with E-state index >= 15 is 0 Å². The zero-order chi connectivity index (χ0) is 12.7. The van der Waals surface area contributed by atoms with E-state index in [2.05, 4.69) is 11.4 Å². The summed E-state index contributed by atoms with van der Waals surface area (Å²) in [5.74, 6) is -0.0643. The number of benzene rings is 1. The number of aliphatic carboxylic acids is 1. The van der Waals surface area contributed by atoms with Gasteiger partial charge in [-0.25, -0.2) is 0 Å². The molecule has 0 bridgehead atoms. The average molecular weight is 244 g/mol. The molecule has 0 saturated carbocycles. The number of hydrogen-bond donors (Lipinski definition) is 1. The molecule has 0 spiro atoms. The molecule has 0 amide bonds. The van der Waals surface area contributed by atoms with Crippen molar-refractivity contribution in [1.82, 2.24) is 0 Å². The quantitative estimate of drug-likeness (QED) is 0.785. The van der Waals surface area contributed by atoms with Gasteiger partial charge in [-0.1, -0.05) is 12.2 Å². The maximum absolute atomic E-state index is 11.2. The van der Waals surface area contributed by atoms with E-state index < -0.39 is 12.0 Å². The molecule has 0 radical (unpaired) electrons. The Labute approximate surface area is 105 Å². The Morgan fingerprint density at radius 1 is 1.50 bits per heavy atom. The van der Waals surface area contributed by atoms with Crippen molar-refractivity contribution in [2.24, 2.45) is 5.92 Å². The van der Waals surface area contributed by atoms with Gasteiger partial charge in [0, 0.05) is 11.6 Å². The topological polar surface area (TPSA) is 61.4 Å². The van der Waals surface area contributed by atoms with E-state index in [4.69, 9.17) is 4.74 Å². The fraction of sp³-hybridized carbons (Fsp3) is 0.357. The Balaban J connectivity index is 2.06. The number of carboxylic acid groups (broad SMARTS) is 1. The van der Waals surface area contributed by atoms with Crippen LogP contribution < -0.4 is 15.2 Å². The number of carbonyl (C=O) groups is 1. The van der Waals surface area contributed by atoms with Crippen molar-refractivity contribution in [2.45, 2.75) is 18.4 Å². The Bertz CT molecular complexity index is 524. The van der Waals surface area contributed by atoms with Gasteiger partial charge in [-0.15, -0.1) is 0 Å². The highest BCUT2D eigenvalue weighted by Gasteiger charge is 2.37. The predicted octanol–water partition coefficient (Wildman–Crippen LogP) is 0.899. The molecule has 1 N–H and O–H groups in total. The van der Waals surface area contributed by atoms with Gasteiger partial charge in [-0.2, -0.15) is 0 Å². The number of hydrogen-bond acceptors (Lipinski definition) is 4. The maximum atomic E-state index is 11.2. The number of ether oxygens (including phenoxy) is 1. The molecule has 3 atom stereocenters. The number of methoxy groups -OCH3 is 1. The van der Waals surface area contributed by atoms with Gasteiger partial charge in [0.2, 0.25) is 0 Å². The molecular weight excluding hydrogens is 230 g/mol. The van der Waals surface area contributed by atoms with Gasteiger partial charge in [-0.3, -0.25) is 0 Å². The van der Waals surface area contributed by atoms with Crippen molar-refractivity contribution in [3.05, 3.63) is 35.9 Å². The minimum Gasteiger partial charge on any atom is -0.548 e. The van der Waals surface area contributed by atoms with Gasteiger partial charge in [0.1, 0.15) is 5.75 Å². The molecular formula is C14H14NO3-. The van der Waals surface area contributed by atoms with Gasteiger partial charge >= 0.3 is 0 Å². The number of carboxylic acids is 1. The Morgan fingerprint density at radius 2 is 2.33 bits per heavy atom. The first-order valence-corrected chi connectivity index (χ1v) is 6.02. The summed E-state index contributed by atoms with van der Waals surface area (Å²) in [5.41, 5.74) is 1.96. The molecule has 0 unspecified atom stereocenters. The van der Waals surface area contributed by atoms with Crippen molar-refractivity contribution < 1.29 is 14.6 Å². The molecule has 1 aromatic rings. The van der Waals surface area contributed by atoms with Crippen molar-refractivity contribution >= 4 is 11.7 Å². The highest BCUT2D eigenvalue weighted by molar-refractivity contribution is 5.79. The first-order valence-electron chi connectivity index (χ1n) is 6.02. The lowest BCUT2D eigenvalue weighted by molar-refractivity contribution is -0.308. The normalized spacial score (nSPS) is 28.2. The van der Waals surface area contributed by atoms with Crippen LogP contribution in [0.1, 0.15) is 17.9 Å². The Morgan fingerprint density at radius 3 is 3.06 bits per heavy atom. The number of anilines is 1. The molecule has 0 fully saturated rings. The summed E-state index contributed by atoms with van der Waals surface area (Å²) in [7, 11) is 1.63. The third kappa shape index (κ3) is 1.56. The lowest BCUT2D eigenvalue weighted by atomic mass is 9.79. The number of allylic oxidation sites excluding steroid dienone is 2. The van der Waals surface area contributed by atoms with Crippen LogP contribution >= 0.6 is 0 Å². The molecule has 2 aliphatic rings. The summed E-state index contributed by atoms with van der Waals surface area (Å²) in [4.78, 5) is 11.2. The SMILES string of the molecule is COc1ccc2c(c1)[C@@H]1C=CC[C@@H]1[C@H](C(=O)[O-])N2. The molecule has 4 nitrogen and oxygen atoms in total. The second-order valence-electron chi connectivity index (χ2n) is 4.75. The van der Waals surface area contributed by atoms with Gasteiger partial charge in [0.05, 0.1) is 19.1 Å². The molecule has 1 heterocycles. The van der Waals surface area contributed by atoms with Crippen LogP contribution in [-0.4, -0.2) is 19.1 Å². The molecule has 3 rings (SSSR count). The summed E-state index contributed by atoms with van der Waals surface area (Å²) in [6, 6.07) is 5.05. The summed E-state index contributed by atoms with van der Waals surface area (Å²) in [6.07, 6.45) is 4.90. The molecule has 0 saturated heterocycles. The third-order valence-corrected chi connectivity index (χ3v) is 3.82. The third-order valence-electron chi connectivity index (χ3n) is 3.82. The summed E-state index contributed by atoms with van der Waals surface area (Å²) >= 11 is 0. The molecule has 4 heteroatoms. The van der Waals surface area contributed by atoms with E-state index in [9.17, 15) is 9.90 Å². The number of fused-ring (bicyclic) bond motifs is 3. The van der Waals surface area contributed by atoms with Crippen molar-refractivity contribution in [3.8, 4) is 5.75 Å². The van der Waals surface area contributed by atoms with Crippen LogP contribution in [0, 0.1) is 5.92 Å². The molecule has 18 heavy (non-hydrogen) atoms. The summed E-state index contributed by atoms with van der Waals surface area (Å²) < 4.78 is 5.22. The number of carbonyl (C=O) groups excluding carboxylic acids is 1. The van der Waals surface area contributed by atoms with Crippen LogP contribution in [0.2, 0.25) is 0 Å². The molecule has 94 valence electrons. The molecule has 1 aromatic carbocycles. The predicted molar refractivity (Wildman–Crippen MR) is 65.4 cm³/mol. The second kappa shape index (κ2) is 4.05. The zero-order valence-electron chi connectivity index (χ0n) is 10.1. The highest BCUT2D eigenvalue weighted by Crippen LogP contribution is 2.45. The van der Waals surface area contributed by atoms with Crippen LogP contribution in [0.4, 0.5) is 5.69 Å². The van der Waals surface area contributed by atoms with E-state index in [1.807, 2.05) is 24.3 Å².